The van der Waals surface area contributed by atoms with Gasteiger partial charge in [-0.3, -0.25) is 4.79 Å². The first-order valence-corrected chi connectivity index (χ1v) is 12.0. The number of amides is 1. The van der Waals surface area contributed by atoms with E-state index in [9.17, 15) is 17.6 Å². The van der Waals surface area contributed by atoms with Gasteiger partial charge in [0.1, 0.15) is 5.82 Å². The van der Waals surface area contributed by atoms with E-state index in [4.69, 9.17) is 14.2 Å². The average Bonchev–Trinajstić information content (AvgIpc) is 2.83. The summed E-state index contributed by atoms with van der Waals surface area (Å²) in [5, 5.41) is 2.96. The van der Waals surface area contributed by atoms with Crippen molar-refractivity contribution in [1.29, 1.82) is 0 Å². The van der Waals surface area contributed by atoms with Gasteiger partial charge in [0.2, 0.25) is 21.7 Å². The van der Waals surface area contributed by atoms with Crippen molar-refractivity contribution in [1.82, 2.24) is 9.62 Å². The zero-order chi connectivity index (χ0) is 24.2. The highest BCUT2D eigenvalue weighted by Crippen LogP contribution is 2.39. The Morgan fingerprint density at radius 3 is 2.24 bits per heavy atom. The van der Waals surface area contributed by atoms with E-state index < -0.39 is 21.8 Å². The van der Waals surface area contributed by atoms with Crippen LogP contribution in [0.4, 0.5) is 4.39 Å². The third-order valence-electron chi connectivity index (χ3n) is 5.75. The van der Waals surface area contributed by atoms with Crippen molar-refractivity contribution in [2.45, 2.75) is 30.7 Å². The molecule has 0 spiro atoms. The number of hydrogen-bond donors (Lipinski definition) is 1. The van der Waals surface area contributed by atoms with E-state index in [-0.39, 0.29) is 23.4 Å². The average molecular weight is 481 g/mol. The van der Waals surface area contributed by atoms with Gasteiger partial charge in [0.15, 0.2) is 11.5 Å². The molecule has 8 nitrogen and oxygen atoms in total. The molecule has 1 aliphatic rings. The van der Waals surface area contributed by atoms with Gasteiger partial charge in [-0.2, -0.15) is 4.31 Å². The molecule has 1 aliphatic heterocycles. The molecule has 1 heterocycles. The number of rotatable bonds is 8. The van der Waals surface area contributed by atoms with E-state index >= 15 is 0 Å². The van der Waals surface area contributed by atoms with Gasteiger partial charge in [0.25, 0.3) is 0 Å². The number of halogens is 1. The summed E-state index contributed by atoms with van der Waals surface area (Å²) in [7, 11) is 0.735. The molecule has 10 heteroatoms. The van der Waals surface area contributed by atoms with Crippen molar-refractivity contribution in [3.8, 4) is 17.2 Å². The van der Waals surface area contributed by atoms with E-state index in [2.05, 4.69) is 5.32 Å². The lowest BCUT2D eigenvalue weighted by Crippen LogP contribution is -2.45. The molecule has 1 N–H and O–H groups in total. The zero-order valence-electron chi connectivity index (χ0n) is 19.1. The second-order valence-corrected chi connectivity index (χ2v) is 9.78. The van der Waals surface area contributed by atoms with Crippen LogP contribution >= 0.6 is 0 Å². The maximum atomic E-state index is 13.2. The molecule has 0 aromatic heterocycles. The zero-order valence-corrected chi connectivity index (χ0v) is 19.9. The van der Waals surface area contributed by atoms with Crippen LogP contribution in [-0.2, 0) is 14.8 Å². The number of carbonyl (C=O) groups is 1. The largest absolute Gasteiger partial charge is 0.493 e. The van der Waals surface area contributed by atoms with Gasteiger partial charge in [-0.25, -0.2) is 12.8 Å². The number of benzene rings is 2. The highest BCUT2D eigenvalue weighted by molar-refractivity contribution is 7.89. The third-order valence-corrected chi connectivity index (χ3v) is 7.63. The fraction of sp³-hybridized carbons (Fsp3) is 0.435. The first-order chi connectivity index (χ1) is 15.7. The summed E-state index contributed by atoms with van der Waals surface area (Å²) in [6, 6.07) is 7.84. The van der Waals surface area contributed by atoms with Gasteiger partial charge in [-0.05, 0) is 61.7 Å². The van der Waals surface area contributed by atoms with Crippen molar-refractivity contribution in [3.63, 3.8) is 0 Å². The van der Waals surface area contributed by atoms with Crippen LogP contribution in [0.1, 0.15) is 31.4 Å². The Hall–Kier alpha value is -2.85. The van der Waals surface area contributed by atoms with Crippen LogP contribution in [0.2, 0.25) is 0 Å². The van der Waals surface area contributed by atoms with Gasteiger partial charge >= 0.3 is 0 Å². The first kappa shape index (κ1) is 24.8. The smallest absolute Gasteiger partial charge is 0.243 e. The number of hydrogen-bond acceptors (Lipinski definition) is 6. The number of sulfonamides is 1. The lowest BCUT2D eigenvalue weighted by Gasteiger charge is -2.32. The Bertz CT molecular complexity index is 1070. The molecule has 2 aromatic rings. The SMILES string of the molecule is COc1cc(C(C)NC(=O)C2CCCN(S(=O)(=O)c3ccc(F)cc3)C2)cc(OC)c1OC. The molecule has 0 bridgehead atoms. The van der Waals surface area contributed by atoms with Crippen molar-refractivity contribution in [2.75, 3.05) is 34.4 Å². The van der Waals surface area contributed by atoms with Crippen molar-refractivity contribution < 1.29 is 31.8 Å². The Morgan fingerprint density at radius 1 is 1.09 bits per heavy atom. The van der Waals surface area contributed by atoms with E-state index in [1.807, 2.05) is 6.92 Å². The number of piperidine rings is 1. The van der Waals surface area contributed by atoms with Gasteiger partial charge in [-0.1, -0.05) is 0 Å². The molecule has 0 saturated carbocycles. The highest BCUT2D eigenvalue weighted by atomic mass is 32.2. The maximum absolute atomic E-state index is 13.2. The van der Waals surface area contributed by atoms with Gasteiger partial charge in [-0.15, -0.1) is 0 Å². The molecule has 1 fully saturated rings. The van der Waals surface area contributed by atoms with E-state index in [1.54, 1.807) is 12.1 Å². The summed E-state index contributed by atoms with van der Waals surface area (Å²) in [5.41, 5.74) is 0.754. The number of methoxy groups -OCH3 is 3. The fourth-order valence-electron chi connectivity index (χ4n) is 3.90. The topological polar surface area (TPSA) is 94.2 Å². The number of nitrogens with zero attached hydrogens (tertiary/aromatic N) is 1. The molecule has 1 amide bonds. The maximum Gasteiger partial charge on any atom is 0.243 e. The minimum Gasteiger partial charge on any atom is -0.493 e. The number of ether oxygens (including phenoxy) is 3. The standard InChI is InChI=1S/C23H29FN2O6S/c1-15(17-12-20(30-2)22(32-4)21(13-17)31-3)25-23(27)16-6-5-11-26(14-16)33(28,29)19-9-7-18(24)8-10-19/h7-10,12-13,15-16H,5-6,11,14H2,1-4H3,(H,25,27). The molecular formula is C23H29FN2O6S. The third kappa shape index (κ3) is 5.39. The Morgan fingerprint density at radius 2 is 1.70 bits per heavy atom. The summed E-state index contributed by atoms with van der Waals surface area (Å²) in [4.78, 5) is 13.0. The minimum absolute atomic E-state index is 0.00995. The molecular weight excluding hydrogens is 451 g/mol. The van der Waals surface area contributed by atoms with E-state index in [0.717, 1.165) is 17.7 Å². The van der Waals surface area contributed by atoms with Crippen molar-refractivity contribution in [3.05, 3.63) is 47.8 Å². The summed E-state index contributed by atoms with van der Waals surface area (Å²) in [5.74, 6) is 0.153. The molecule has 2 atom stereocenters. The van der Waals surface area contributed by atoms with Gasteiger partial charge < -0.3 is 19.5 Å². The predicted octanol–water partition coefficient (Wildman–Crippen LogP) is 3.13. The Balaban J connectivity index is 1.73. The Kier molecular flexibility index (Phi) is 7.80. The van der Waals surface area contributed by atoms with Crippen LogP contribution in [0.3, 0.4) is 0 Å². The Labute approximate surface area is 193 Å². The molecule has 0 radical (unpaired) electrons. The minimum atomic E-state index is -3.81. The van der Waals surface area contributed by atoms with Crippen LogP contribution in [0, 0.1) is 11.7 Å². The summed E-state index contributed by atoms with van der Waals surface area (Å²) >= 11 is 0. The van der Waals surface area contributed by atoms with Crippen LogP contribution in [0.25, 0.3) is 0 Å². The lowest BCUT2D eigenvalue weighted by atomic mass is 9.97. The molecule has 3 rings (SSSR count). The second-order valence-electron chi connectivity index (χ2n) is 7.85. The summed E-state index contributed by atoms with van der Waals surface area (Å²) in [6.45, 7) is 2.20. The normalized spacial score (nSPS) is 17.8. The van der Waals surface area contributed by atoms with Gasteiger partial charge in [0, 0.05) is 13.1 Å². The fourth-order valence-corrected chi connectivity index (χ4v) is 5.42. The molecule has 2 unspecified atom stereocenters. The van der Waals surface area contributed by atoms with Crippen LogP contribution in [0.5, 0.6) is 17.2 Å². The molecule has 2 aromatic carbocycles. The summed E-state index contributed by atoms with van der Waals surface area (Å²) in [6.07, 6.45) is 1.13. The van der Waals surface area contributed by atoms with Crippen LogP contribution in [-0.4, -0.2) is 53.0 Å². The monoisotopic (exact) mass is 480 g/mol. The van der Waals surface area contributed by atoms with Crippen molar-refractivity contribution in [2.24, 2.45) is 5.92 Å². The van der Waals surface area contributed by atoms with Crippen LogP contribution < -0.4 is 19.5 Å². The quantitative estimate of drug-likeness (QED) is 0.624. The molecule has 0 aliphatic carbocycles. The highest BCUT2D eigenvalue weighted by Gasteiger charge is 2.34. The molecule has 33 heavy (non-hydrogen) atoms. The predicted molar refractivity (Wildman–Crippen MR) is 121 cm³/mol. The van der Waals surface area contributed by atoms with E-state index in [0.29, 0.717) is 36.6 Å². The molecule has 180 valence electrons. The van der Waals surface area contributed by atoms with Crippen molar-refractivity contribution >= 4 is 15.9 Å². The lowest BCUT2D eigenvalue weighted by molar-refractivity contribution is -0.126. The number of nitrogens with one attached hydrogen (secondary N) is 1. The summed E-state index contributed by atoms with van der Waals surface area (Å²) < 4.78 is 56.5. The second kappa shape index (κ2) is 10.4. The van der Waals surface area contributed by atoms with Gasteiger partial charge in [0.05, 0.1) is 38.2 Å². The first-order valence-electron chi connectivity index (χ1n) is 10.6. The number of carbonyl (C=O) groups excluding carboxylic acids is 1. The van der Waals surface area contributed by atoms with Crippen LogP contribution in [0.15, 0.2) is 41.3 Å². The molecule has 1 saturated heterocycles. The van der Waals surface area contributed by atoms with E-state index in [1.165, 1.54) is 37.8 Å².